The zero-order valence-corrected chi connectivity index (χ0v) is 9.56. The van der Waals surface area contributed by atoms with Gasteiger partial charge in [0, 0.05) is 35.5 Å². The van der Waals surface area contributed by atoms with Crippen molar-refractivity contribution < 1.29 is 9.18 Å². The van der Waals surface area contributed by atoms with E-state index in [1.165, 1.54) is 6.07 Å². The zero-order valence-electron chi connectivity index (χ0n) is 9.56. The third-order valence-corrected chi connectivity index (χ3v) is 3.05. The number of nitrogens with zero attached hydrogens (tertiary/aromatic N) is 1. The van der Waals surface area contributed by atoms with E-state index >= 15 is 0 Å². The van der Waals surface area contributed by atoms with Crippen LogP contribution in [-0.2, 0) is 6.42 Å². The molecule has 1 aliphatic carbocycles. The molecule has 3 heteroatoms. The van der Waals surface area contributed by atoms with Gasteiger partial charge < -0.3 is 0 Å². The Morgan fingerprint density at radius 3 is 2.83 bits per heavy atom. The summed E-state index contributed by atoms with van der Waals surface area (Å²) in [5, 5.41) is 0. The highest BCUT2D eigenvalue weighted by Crippen LogP contribution is 2.29. The van der Waals surface area contributed by atoms with E-state index in [0.29, 0.717) is 23.1 Å². The van der Waals surface area contributed by atoms with Crippen LogP contribution < -0.4 is 0 Å². The summed E-state index contributed by atoms with van der Waals surface area (Å²) >= 11 is 0. The molecule has 0 amide bonds. The number of benzene rings is 1. The second-order valence-electron chi connectivity index (χ2n) is 4.23. The van der Waals surface area contributed by atoms with Crippen LogP contribution in [0.5, 0.6) is 0 Å². The molecule has 0 N–H and O–H groups in total. The van der Waals surface area contributed by atoms with Crippen molar-refractivity contribution in [3.63, 3.8) is 0 Å². The third kappa shape index (κ3) is 1.74. The Hall–Kier alpha value is -2.29. The van der Waals surface area contributed by atoms with E-state index in [1.807, 2.05) is 6.07 Å². The van der Waals surface area contributed by atoms with Gasteiger partial charge in [0.25, 0.3) is 0 Å². The van der Waals surface area contributed by atoms with E-state index < -0.39 is 0 Å². The van der Waals surface area contributed by atoms with E-state index in [1.54, 1.807) is 36.7 Å². The number of fused-ring (bicyclic) bond motifs is 1. The van der Waals surface area contributed by atoms with Crippen LogP contribution in [-0.4, -0.2) is 10.8 Å². The smallest absolute Gasteiger partial charge is 0.189 e. The Balaban J connectivity index is 2.03. The monoisotopic (exact) mass is 239 g/mol. The van der Waals surface area contributed by atoms with Gasteiger partial charge in [-0.2, -0.15) is 0 Å². The standard InChI is InChI=1S/C15H10FNO/c16-14-5-1-4-12-13(14)8-11(15(12)18)7-10-3-2-6-17-9-10/h1-7,9H,8H2/b11-7+. The van der Waals surface area contributed by atoms with Crippen LogP contribution in [0.4, 0.5) is 4.39 Å². The number of hydrogen-bond acceptors (Lipinski definition) is 2. The van der Waals surface area contributed by atoms with Gasteiger partial charge in [-0.05, 0) is 23.8 Å². The average Bonchev–Trinajstić information content (AvgIpc) is 2.70. The molecule has 0 saturated carbocycles. The highest BCUT2D eigenvalue weighted by molar-refractivity contribution is 6.15. The summed E-state index contributed by atoms with van der Waals surface area (Å²) in [4.78, 5) is 16.1. The van der Waals surface area contributed by atoms with Crippen molar-refractivity contribution in [1.82, 2.24) is 4.98 Å². The molecule has 0 unspecified atom stereocenters. The highest BCUT2D eigenvalue weighted by Gasteiger charge is 2.26. The number of rotatable bonds is 1. The molecule has 0 aliphatic heterocycles. The summed E-state index contributed by atoms with van der Waals surface area (Å²) in [5.74, 6) is -0.399. The first-order chi connectivity index (χ1) is 8.75. The summed E-state index contributed by atoms with van der Waals surface area (Å²) in [7, 11) is 0. The summed E-state index contributed by atoms with van der Waals surface area (Å²) in [6.45, 7) is 0. The first-order valence-corrected chi connectivity index (χ1v) is 5.68. The van der Waals surface area contributed by atoms with Crippen molar-refractivity contribution >= 4 is 11.9 Å². The van der Waals surface area contributed by atoms with Gasteiger partial charge >= 0.3 is 0 Å². The van der Waals surface area contributed by atoms with Crippen LogP contribution in [0.2, 0.25) is 0 Å². The Labute approximate surface area is 104 Å². The Bertz CT molecular complexity index is 647. The third-order valence-electron chi connectivity index (χ3n) is 3.05. The number of aromatic nitrogens is 1. The van der Waals surface area contributed by atoms with Gasteiger partial charge in [0.05, 0.1) is 0 Å². The fraction of sp³-hybridized carbons (Fsp3) is 0.0667. The lowest BCUT2D eigenvalue weighted by Gasteiger charge is -1.95. The topological polar surface area (TPSA) is 30.0 Å². The average molecular weight is 239 g/mol. The summed E-state index contributed by atoms with van der Waals surface area (Å²) < 4.78 is 13.6. The van der Waals surface area contributed by atoms with Crippen molar-refractivity contribution in [2.24, 2.45) is 0 Å². The molecule has 1 aromatic carbocycles. The molecule has 2 nitrogen and oxygen atoms in total. The molecule has 18 heavy (non-hydrogen) atoms. The van der Waals surface area contributed by atoms with E-state index in [9.17, 15) is 9.18 Å². The largest absolute Gasteiger partial charge is 0.289 e. The van der Waals surface area contributed by atoms with Gasteiger partial charge in [0.2, 0.25) is 0 Å². The number of Topliss-reactive ketones (excluding diaryl/α,β-unsaturated/α-hetero) is 1. The second-order valence-corrected chi connectivity index (χ2v) is 4.23. The summed E-state index contributed by atoms with van der Waals surface area (Å²) in [6, 6.07) is 8.30. The van der Waals surface area contributed by atoms with Gasteiger partial charge in [-0.25, -0.2) is 4.39 Å². The van der Waals surface area contributed by atoms with Gasteiger partial charge in [0.15, 0.2) is 5.78 Å². The lowest BCUT2D eigenvalue weighted by atomic mass is 10.1. The maximum Gasteiger partial charge on any atom is 0.189 e. The molecule has 88 valence electrons. The predicted molar refractivity (Wildman–Crippen MR) is 66.6 cm³/mol. The first-order valence-electron chi connectivity index (χ1n) is 5.68. The van der Waals surface area contributed by atoms with E-state index in [2.05, 4.69) is 4.98 Å². The Morgan fingerprint density at radius 2 is 2.11 bits per heavy atom. The lowest BCUT2D eigenvalue weighted by molar-refractivity contribution is 0.104. The Kier molecular flexibility index (Phi) is 2.52. The van der Waals surface area contributed by atoms with Gasteiger partial charge in [0.1, 0.15) is 5.82 Å². The maximum absolute atomic E-state index is 13.6. The fourth-order valence-electron chi connectivity index (χ4n) is 2.17. The van der Waals surface area contributed by atoms with Crippen LogP contribution >= 0.6 is 0 Å². The normalized spacial score (nSPS) is 16.1. The van der Waals surface area contributed by atoms with Crippen LogP contribution in [0.15, 0.2) is 48.3 Å². The molecular weight excluding hydrogens is 229 g/mol. The van der Waals surface area contributed by atoms with Gasteiger partial charge in [-0.3, -0.25) is 9.78 Å². The maximum atomic E-state index is 13.6. The van der Waals surface area contributed by atoms with Crippen molar-refractivity contribution in [2.75, 3.05) is 0 Å². The van der Waals surface area contributed by atoms with Crippen molar-refractivity contribution in [2.45, 2.75) is 6.42 Å². The van der Waals surface area contributed by atoms with Crippen LogP contribution in [0, 0.1) is 5.82 Å². The number of ketones is 1. The zero-order chi connectivity index (χ0) is 12.5. The number of halogens is 1. The van der Waals surface area contributed by atoms with Gasteiger partial charge in [-0.1, -0.05) is 18.2 Å². The van der Waals surface area contributed by atoms with Crippen LogP contribution in [0.3, 0.4) is 0 Å². The van der Waals surface area contributed by atoms with Crippen LogP contribution in [0.25, 0.3) is 6.08 Å². The van der Waals surface area contributed by atoms with E-state index in [0.717, 1.165) is 5.56 Å². The number of allylic oxidation sites excluding steroid dienone is 1. The molecule has 0 bridgehead atoms. The molecule has 1 aliphatic rings. The second kappa shape index (κ2) is 4.18. The van der Waals surface area contributed by atoms with Gasteiger partial charge in [-0.15, -0.1) is 0 Å². The van der Waals surface area contributed by atoms with Crippen molar-refractivity contribution in [3.05, 3.63) is 70.8 Å². The predicted octanol–water partition coefficient (Wildman–Crippen LogP) is 3.04. The molecule has 0 fully saturated rings. The molecule has 1 aromatic heterocycles. The molecule has 2 aromatic rings. The molecule has 1 heterocycles. The minimum atomic E-state index is -0.310. The number of pyridine rings is 1. The molecule has 3 rings (SSSR count). The summed E-state index contributed by atoms with van der Waals surface area (Å²) in [5.41, 5.74) is 2.44. The number of carbonyl (C=O) groups excluding carboxylic acids is 1. The number of hydrogen-bond donors (Lipinski definition) is 0. The van der Waals surface area contributed by atoms with Crippen molar-refractivity contribution in [1.29, 1.82) is 0 Å². The molecule has 0 atom stereocenters. The Morgan fingerprint density at radius 1 is 1.22 bits per heavy atom. The quantitative estimate of drug-likeness (QED) is 0.716. The number of carbonyl (C=O) groups is 1. The molecular formula is C15H10FNO. The van der Waals surface area contributed by atoms with E-state index in [-0.39, 0.29) is 11.6 Å². The minimum Gasteiger partial charge on any atom is -0.289 e. The molecule has 0 spiro atoms. The molecule has 0 radical (unpaired) electrons. The van der Waals surface area contributed by atoms with Crippen molar-refractivity contribution in [3.8, 4) is 0 Å². The fourth-order valence-corrected chi connectivity index (χ4v) is 2.17. The van der Waals surface area contributed by atoms with Crippen LogP contribution in [0.1, 0.15) is 21.5 Å². The van der Waals surface area contributed by atoms with E-state index in [4.69, 9.17) is 0 Å². The SMILES string of the molecule is O=C1/C(=C/c2cccnc2)Cc2c(F)cccc21. The molecule has 0 saturated heterocycles. The lowest BCUT2D eigenvalue weighted by Crippen LogP contribution is -1.95. The first kappa shape index (κ1) is 10.8. The minimum absolute atomic E-state index is 0.0895. The summed E-state index contributed by atoms with van der Waals surface area (Å²) in [6.07, 6.45) is 5.48. The highest BCUT2D eigenvalue weighted by atomic mass is 19.1.